The normalized spacial score (nSPS) is 13.7. The van der Waals surface area contributed by atoms with Crippen LogP contribution in [0.5, 0.6) is 0 Å². The lowest BCUT2D eigenvalue weighted by Gasteiger charge is -2.16. The van der Waals surface area contributed by atoms with Crippen molar-refractivity contribution in [2.45, 2.75) is 39.0 Å². The molecule has 4 aromatic heterocycles. The van der Waals surface area contributed by atoms with Crippen LogP contribution in [0, 0.1) is 0 Å². The Labute approximate surface area is 242 Å². The summed E-state index contributed by atoms with van der Waals surface area (Å²) in [5.41, 5.74) is 8.42. The Morgan fingerprint density at radius 3 is 2.52 bits per heavy atom. The largest absolute Gasteiger partial charge is 0.345 e. The van der Waals surface area contributed by atoms with Gasteiger partial charge in [-0.05, 0) is 51.7 Å². The van der Waals surface area contributed by atoms with Crippen LogP contribution in [-0.4, -0.2) is 53.4 Å². The number of aromatic amines is 1. The minimum absolute atomic E-state index is 0.533. The lowest BCUT2D eigenvalue weighted by molar-refractivity contribution is -0.0466. The van der Waals surface area contributed by atoms with E-state index in [1.807, 2.05) is 36.5 Å². The van der Waals surface area contributed by atoms with Crippen LogP contribution in [0.15, 0.2) is 79.1 Å². The third-order valence-corrected chi connectivity index (χ3v) is 7.51. The molecule has 0 atom stereocenters. The Morgan fingerprint density at radius 1 is 0.905 bits per heavy atom. The number of tetrazole rings is 1. The Bertz CT molecular complexity index is 1800. The fourth-order valence-electron chi connectivity index (χ4n) is 5.46. The number of fused-ring (bicyclic) bond motifs is 1. The summed E-state index contributed by atoms with van der Waals surface area (Å²) in [6.07, 6.45) is 6.01. The van der Waals surface area contributed by atoms with Crippen LogP contribution in [0.3, 0.4) is 0 Å². The van der Waals surface area contributed by atoms with Crippen molar-refractivity contribution in [1.29, 1.82) is 0 Å². The summed E-state index contributed by atoms with van der Waals surface area (Å²) in [6, 6.07) is 22.7. The second kappa shape index (κ2) is 11.6. The van der Waals surface area contributed by atoms with Gasteiger partial charge in [-0.3, -0.25) is 4.98 Å². The van der Waals surface area contributed by atoms with Gasteiger partial charge in [-0.2, -0.15) is 0 Å². The number of unbranched alkanes of at least 4 members (excludes halogenated alkanes) is 1. The lowest BCUT2D eigenvalue weighted by atomic mass is 9.97. The van der Waals surface area contributed by atoms with Gasteiger partial charge in [-0.1, -0.05) is 61.9 Å². The van der Waals surface area contributed by atoms with E-state index in [1.54, 1.807) is 6.20 Å². The monoisotopic (exact) mass is 558 g/mol. The molecule has 7 rings (SSSR count). The molecular formula is C32H30N8O2. The SMILES string of the molecule is CCCCc1nc2cc(-c3cccnc3)c(C3OCCO3)nc2n1Cc1ccc(-c2ccccc2)c(-c2nnn[nH]2)c1. The third-order valence-electron chi connectivity index (χ3n) is 7.51. The van der Waals surface area contributed by atoms with Gasteiger partial charge in [-0.15, -0.1) is 5.10 Å². The highest BCUT2D eigenvalue weighted by atomic mass is 16.7. The number of aryl methyl sites for hydroxylation is 1. The first kappa shape index (κ1) is 26.1. The van der Waals surface area contributed by atoms with E-state index >= 15 is 0 Å². The first-order chi connectivity index (χ1) is 20.8. The first-order valence-electron chi connectivity index (χ1n) is 14.2. The van der Waals surface area contributed by atoms with Crippen molar-refractivity contribution < 1.29 is 9.47 Å². The van der Waals surface area contributed by atoms with Crippen LogP contribution >= 0.6 is 0 Å². The molecule has 0 bridgehead atoms. The molecule has 6 aromatic rings. The fraction of sp³-hybridized carbons (Fsp3) is 0.250. The van der Waals surface area contributed by atoms with E-state index in [-0.39, 0.29) is 0 Å². The lowest BCUT2D eigenvalue weighted by Crippen LogP contribution is -2.09. The molecule has 5 heterocycles. The topological polar surface area (TPSA) is 117 Å². The summed E-state index contributed by atoms with van der Waals surface area (Å²) >= 11 is 0. The minimum atomic E-state index is -0.539. The summed E-state index contributed by atoms with van der Waals surface area (Å²) in [6.45, 7) is 3.85. The van der Waals surface area contributed by atoms with Gasteiger partial charge >= 0.3 is 0 Å². The molecule has 0 spiro atoms. The van der Waals surface area contributed by atoms with Gasteiger partial charge < -0.3 is 14.0 Å². The molecule has 1 saturated heterocycles. The van der Waals surface area contributed by atoms with Crippen LogP contribution in [-0.2, 0) is 22.4 Å². The van der Waals surface area contributed by atoms with Crippen molar-refractivity contribution in [2.75, 3.05) is 13.2 Å². The zero-order chi connectivity index (χ0) is 28.3. The second-order valence-corrected chi connectivity index (χ2v) is 10.3. The number of hydrogen-bond donors (Lipinski definition) is 1. The fourth-order valence-corrected chi connectivity index (χ4v) is 5.46. The molecule has 2 aromatic carbocycles. The smallest absolute Gasteiger partial charge is 0.201 e. The summed E-state index contributed by atoms with van der Waals surface area (Å²) in [5, 5.41) is 14.8. The van der Waals surface area contributed by atoms with E-state index in [2.05, 4.69) is 73.5 Å². The van der Waals surface area contributed by atoms with Gasteiger partial charge in [0.25, 0.3) is 0 Å². The zero-order valence-corrected chi connectivity index (χ0v) is 23.3. The Morgan fingerprint density at radius 2 is 1.76 bits per heavy atom. The van der Waals surface area contributed by atoms with E-state index in [0.29, 0.717) is 25.6 Å². The van der Waals surface area contributed by atoms with Gasteiger partial charge in [-0.25, -0.2) is 15.1 Å². The number of pyridine rings is 2. The molecule has 0 radical (unpaired) electrons. The van der Waals surface area contributed by atoms with E-state index in [1.165, 1.54) is 0 Å². The van der Waals surface area contributed by atoms with Crippen molar-refractivity contribution in [2.24, 2.45) is 0 Å². The molecule has 10 heteroatoms. The van der Waals surface area contributed by atoms with Crippen molar-refractivity contribution in [3.8, 4) is 33.6 Å². The molecule has 0 amide bonds. The van der Waals surface area contributed by atoms with E-state index in [4.69, 9.17) is 19.4 Å². The second-order valence-electron chi connectivity index (χ2n) is 10.3. The predicted molar refractivity (Wildman–Crippen MR) is 158 cm³/mol. The average Bonchev–Trinajstić information content (AvgIpc) is 3.83. The van der Waals surface area contributed by atoms with E-state index < -0.39 is 6.29 Å². The highest BCUT2D eigenvalue weighted by Crippen LogP contribution is 2.35. The Kier molecular flexibility index (Phi) is 7.21. The predicted octanol–water partition coefficient (Wildman–Crippen LogP) is 5.78. The van der Waals surface area contributed by atoms with Crippen LogP contribution in [0.1, 0.15) is 43.1 Å². The van der Waals surface area contributed by atoms with Crippen LogP contribution < -0.4 is 0 Å². The maximum absolute atomic E-state index is 5.94. The van der Waals surface area contributed by atoms with Crippen molar-refractivity contribution in [3.05, 3.63) is 96.2 Å². The molecule has 1 fully saturated rings. The Balaban J connectivity index is 1.36. The number of imidazole rings is 1. The molecule has 0 saturated carbocycles. The molecule has 1 N–H and O–H groups in total. The summed E-state index contributed by atoms with van der Waals surface area (Å²) in [7, 11) is 0. The average molecular weight is 559 g/mol. The standard InChI is InChI=1S/C32H30N8O2/c1-2-3-11-28-34-27-18-25(23-10-7-14-33-19-23)29(32-41-15-16-42-32)35-31(27)40(28)20-21-12-13-24(22-8-5-4-6-9-22)26(17-21)30-36-38-39-37-30/h4-10,12-14,17-19,32H,2-3,11,15-16,20H2,1H3,(H,36,37,38,39). The number of benzene rings is 2. The molecule has 0 unspecified atom stereocenters. The number of ether oxygens (including phenoxy) is 2. The Hall–Kier alpha value is -4.80. The number of rotatable bonds is 9. The quantitative estimate of drug-likeness (QED) is 0.238. The van der Waals surface area contributed by atoms with Gasteiger partial charge in [0.05, 0.1) is 19.8 Å². The molecule has 210 valence electrons. The third kappa shape index (κ3) is 5.06. The zero-order valence-electron chi connectivity index (χ0n) is 23.3. The van der Waals surface area contributed by atoms with Gasteiger partial charge in [0.2, 0.25) is 6.29 Å². The number of hydrogen-bond acceptors (Lipinski definition) is 8. The number of nitrogens with one attached hydrogen (secondary N) is 1. The van der Waals surface area contributed by atoms with Crippen molar-refractivity contribution >= 4 is 11.2 Å². The number of H-pyrrole nitrogens is 1. The highest BCUT2D eigenvalue weighted by Gasteiger charge is 2.26. The van der Waals surface area contributed by atoms with E-state index in [0.717, 1.165) is 75.3 Å². The molecule has 0 aliphatic carbocycles. The maximum atomic E-state index is 5.94. The minimum Gasteiger partial charge on any atom is -0.345 e. The van der Waals surface area contributed by atoms with Gasteiger partial charge in [0.15, 0.2) is 11.5 Å². The van der Waals surface area contributed by atoms with Crippen molar-refractivity contribution in [1.82, 2.24) is 40.1 Å². The molecule has 10 nitrogen and oxygen atoms in total. The summed E-state index contributed by atoms with van der Waals surface area (Å²) < 4.78 is 14.1. The van der Waals surface area contributed by atoms with Gasteiger partial charge in [0, 0.05) is 35.5 Å². The number of aromatic nitrogens is 8. The summed E-state index contributed by atoms with van der Waals surface area (Å²) in [4.78, 5) is 14.6. The highest BCUT2D eigenvalue weighted by molar-refractivity contribution is 5.82. The summed E-state index contributed by atoms with van der Waals surface area (Å²) in [5.74, 6) is 1.62. The van der Waals surface area contributed by atoms with Crippen LogP contribution in [0.25, 0.3) is 44.8 Å². The molecule has 1 aliphatic rings. The van der Waals surface area contributed by atoms with Crippen molar-refractivity contribution in [3.63, 3.8) is 0 Å². The van der Waals surface area contributed by atoms with Crippen LogP contribution in [0.2, 0.25) is 0 Å². The number of nitrogens with zero attached hydrogens (tertiary/aromatic N) is 7. The maximum Gasteiger partial charge on any atom is 0.201 e. The van der Waals surface area contributed by atoms with E-state index in [9.17, 15) is 0 Å². The molecular weight excluding hydrogens is 528 g/mol. The first-order valence-corrected chi connectivity index (χ1v) is 14.2. The molecule has 1 aliphatic heterocycles. The van der Waals surface area contributed by atoms with Gasteiger partial charge in [0.1, 0.15) is 17.0 Å². The molecule has 42 heavy (non-hydrogen) atoms. The van der Waals surface area contributed by atoms with Crippen LogP contribution in [0.4, 0.5) is 0 Å².